The Kier molecular flexibility index (Phi) is 14.8. The highest BCUT2D eigenvalue weighted by Crippen LogP contribution is 2.30. The third-order valence-electron chi connectivity index (χ3n) is 7.43. The van der Waals surface area contributed by atoms with Crippen molar-refractivity contribution in [2.45, 2.75) is 116 Å². The second kappa shape index (κ2) is 18.6. The van der Waals surface area contributed by atoms with Crippen molar-refractivity contribution >= 4 is 0 Å². The molecule has 4 atom stereocenters. The lowest BCUT2D eigenvalue weighted by molar-refractivity contribution is -0.218. The molecule has 216 valence electrons. The van der Waals surface area contributed by atoms with Crippen molar-refractivity contribution in [2.24, 2.45) is 0 Å². The lowest BCUT2D eigenvalue weighted by Gasteiger charge is -2.30. The molecule has 2 aliphatic rings. The summed E-state index contributed by atoms with van der Waals surface area (Å²) in [5.74, 6) is 0. The molecule has 2 aromatic carbocycles. The van der Waals surface area contributed by atoms with Gasteiger partial charge >= 0.3 is 0 Å². The predicted octanol–water partition coefficient (Wildman–Crippen LogP) is 8.67. The Bertz CT molecular complexity index is 1040. The second-order valence-electron chi connectivity index (χ2n) is 10.7. The van der Waals surface area contributed by atoms with Crippen LogP contribution in [0.25, 0.3) is 0 Å². The molecule has 4 rings (SSSR count). The summed E-state index contributed by atoms with van der Waals surface area (Å²) in [5, 5.41) is 17.6. The summed E-state index contributed by atoms with van der Waals surface area (Å²) in [4.78, 5) is 0. The first kappa shape index (κ1) is 31.8. The minimum absolute atomic E-state index is 0.270. The van der Waals surface area contributed by atoms with Gasteiger partial charge in [-0.15, -0.1) is 0 Å². The third kappa shape index (κ3) is 11.0. The third-order valence-corrected chi connectivity index (χ3v) is 7.43. The van der Waals surface area contributed by atoms with Crippen LogP contribution >= 0.6 is 0 Å². The Morgan fingerprint density at radius 2 is 1.00 bits per heavy atom. The summed E-state index contributed by atoms with van der Waals surface area (Å²) in [7, 11) is 0. The van der Waals surface area contributed by atoms with E-state index in [0.29, 0.717) is 23.3 Å². The number of ether oxygens (including phenoxy) is 4. The molecule has 0 amide bonds. The van der Waals surface area contributed by atoms with E-state index in [1.165, 1.54) is 51.4 Å². The van der Waals surface area contributed by atoms with Gasteiger partial charge in [0.25, 0.3) is 0 Å². The molecule has 6 nitrogen and oxygen atoms in total. The lowest BCUT2D eigenvalue weighted by Crippen LogP contribution is -2.27. The van der Waals surface area contributed by atoms with Gasteiger partial charge in [0.15, 0.2) is 12.6 Å². The van der Waals surface area contributed by atoms with Crippen molar-refractivity contribution in [1.82, 2.24) is 0 Å². The average molecular weight is 547 g/mol. The number of nitrogens with zero attached hydrogens (tertiary/aromatic N) is 2. The first-order chi connectivity index (χ1) is 19.7. The summed E-state index contributed by atoms with van der Waals surface area (Å²) in [6, 6.07) is 19.2. The summed E-state index contributed by atoms with van der Waals surface area (Å²) >= 11 is 0. The number of hydrogen-bond donors (Lipinski definition) is 0. The molecule has 2 heterocycles. The number of nitriles is 2. The van der Waals surface area contributed by atoms with E-state index >= 15 is 0 Å². The Hall–Kier alpha value is -2.74. The number of unbranched alkanes of at least 4 members (excludes halogenated alkanes) is 6. The van der Waals surface area contributed by atoms with Gasteiger partial charge in [0.1, 0.15) is 0 Å². The maximum absolute atomic E-state index is 8.83. The van der Waals surface area contributed by atoms with Crippen LogP contribution in [0.5, 0.6) is 0 Å². The monoisotopic (exact) mass is 546 g/mol. The van der Waals surface area contributed by atoms with Crippen LogP contribution in [0.4, 0.5) is 0 Å². The van der Waals surface area contributed by atoms with Gasteiger partial charge in [0.05, 0.1) is 48.7 Å². The topological polar surface area (TPSA) is 84.5 Å². The molecule has 2 saturated heterocycles. The minimum atomic E-state index is -0.271. The zero-order chi connectivity index (χ0) is 28.4. The summed E-state index contributed by atoms with van der Waals surface area (Å²) < 4.78 is 23.4. The summed E-state index contributed by atoms with van der Waals surface area (Å²) in [5.41, 5.74) is 3.34. The van der Waals surface area contributed by atoms with Crippen LogP contribution in [0.2, 0.25) is 0 Å². The van der Waals surface area contributed by atoms with E-state index in [9.17, 15) is 0 Å². The molecule has 0 aromatic heterocycles. The summed E-state index contributed by atoms with van der Waals surface area (Å²) in [6.07, 6.45) is 14.5. The predicted molar refractivity (Wildman–Crippen MR) is 156 cm³/mol. The zero-order valence-electron chi connectivity index (χ0n) is 24.4. The van der Waals surface area contributed by atoms with Crippen molar-refractivity contribution in [1.29, 1.82) is 10.5 Å². The van der Waals surface area contributed by atoms with E-state index in [1.807, 2.05) is 48.5 Å². The fraction of sp³-hybridized carbons (Fsp3) is 0.588. The van der Waals surface area contributed by atoms with E-state index in [1.54, 1.807) is 0 Å². The van der Waals surface area contributed by atoms with Crippen LogP contribution in [0.15, 0.2) is 48.5 Å². The van der Waals surface area contributed by atoms with Crippen molar-refractivity contribution < 1.29 is 18.9 Å². The van der Waals surface area contributed by atoms with Crippen LogP contribution in [0.1, 0.15) is 126 Å². The van der Waals surface area contributed by atoms with Gasteiger partial charge < -0.3 is 18.9 Å². The van der Waals surface area contributed by atoms with Crippen LogP contribution in [0, 0.1) is 22.7 Å². The zero-order valence-corrected chi connectivity index (χ0v) is 24.4. The van der Waals surface area contributed by atoms with Crippen molar-refractivity contribution in [3.05, 3.63) is 70.8 Å². The molecule has 0 aliphatic carbocycles. The molecule has 0 saturated carbocycles. The van der Waals surface area contributed by atoms with Crippen LogP contribution < -0.4 is 0 Å². The van der Waals surface area contributed by atoms with Gasteiger partial charge in [-0.25, -0.2) is 0 Å². The number of benzene rings is 2. The van der Waals surface area contributed by atoms with Crippen molar-refractivity contribution in [3.8, 4) is 12.1 Å². The molecule has 6 heteroatoms. The van der Waals surface area contributed by atoms with E-state index in [0.717, 1.165) is 50.0 Å². The van der Waals surface area contributed by atoms with E-state index in [4.69, 9.17) is 29.5 Å². The standard InChI is InChI=1S/C18H25NO2.C16H21NO2/c1-2-3-4-5-6-7-17-12-13-20-18(21-17)16-10-8-15(14-19)9-11-16;1-2-3-4-5-15-10-11-18-16(19-15)14-8-6-13(12-17)7-9-14/h8-11,17-18H,2-7,12-13H2,1H3;6-9,15-16H,2-5,10-11H2,1H3. The lowest BCUT2D eigenvalue weighted by atomic mass is 10.1. The molecule has 2 fully saturated rings. The molecular formula is C34H46N2O4. The fourth-order valence-corrected chi connectivity index (χ4v) is 4.98. The maximum atomic E-state index is 8.83. The quantitative estimate of drug-likeness (QED) is 0.248. The highest BCUT2D eigenvalue weighted by atomic mass is 16.7. The molecule has 0 spiro atoms. The number of hydrogen-bond acceptors (Lipinski definition) is 6. The molecule has 2 aromatic rings. The van der Waals surface area contributed by atoms with E-state index < -0.39 is 0 Å². The van der Waals surface area contributed by atoms with Crippen LogP contribution in [-0.2, 0) is 18.9 Å². The Morgan fingerprint density at radius 3 is 1.43 bits per heavy atom. The SMILES string of the molecule is CCCCCC1CCOC(c2ccc(C#N)cc2)O1.CCCCCCCC1CCOC(c2ccc(C#N)cc2)O1. The first-order valence-electron chi connectivity index (χ1n) is 15.2. The minimum Gasteiger partial charge on any atom is -0.348 e. The highest BCUT2D eigenvalue weighted by Gasteiger charge is 2.25. The molecule has 0 bridgehead atoms. The fourth-order valence-electron chi connectivity index (χ4n) is 4.98. The second-order valence-corrected chi connectivity index (χ2v) is 10.7. The van der Waals surface area contributed by atoms with Gasteiger partial charge in [-0.05, 0) is 49.9 Å². The molecular weight excluding hydrogens is 500 g/mol. The summed E-state index contributed by atoms with van der Waals surface area (Å²) in [6.45, 7) is 5.96. The maximum Gasteiger partial charge on any atom is 0.184 e. The van der Waals surface area contributed by atoms with E-state index in [2.05, 4.69) is 26.0 Å². The van der Waals surface area contributed by atoms with Crippen LogP contribution in [0.3, 0.4) is 0 Å². The normalized spacial score (nSPS) is 22.4. The van der Waals surface area contributed by atoms with Gasteiger partial charge in [0, 0.05) is 11.1 Å². The Labute approximate surface area is 241 Å². The van der Waals surface area contributed by atoms with Crippen molar-refractivity contribution in [3.63, 3.8) is 0 Å². The largest absolute Gasteiger partial charge is 0.348 e. The van der Waals surface area contributed by atoms with Gasteiger partial charge in [-0.1, -0.05) is 89.5 Å². The van der Waals surface area contributed by atoms with E-state index in [-0.39, 0.29) is 12.6 Å². The van der Waals surface area contributed by atoms with Gasteiger partial charge in [0.2, 0.25) is 0 Å². The molecule has 0 radical (unpaired) electrons. The first-order valence-corrected chi connectivity index (χ1v) is 15.2. The molecule has 40 heavy (non-hydrogen) atoms. The molecule has 2 aliphatic heterocycles. The van der Waals surface area contributed by atoms with Crippen molar-refractivity contribution in [2.75, 3.05) is 13.2 Å². The molecule has 0 N–H and O–H groups in total. The highest BCUT2D eigenvalue weighted by molar-refractivity contribution is 5.33. The molecule has 4 unspecified atom stereocenters. The smallest absolute Gasteiger partial charge is 0.184 e. The Morgan fingerprint density at radius 1 is 0.600 bits per heavy atom. The Balaban J connectivity index is 0.000000222. The van der Waals surface area contributed by atoms with Gasteiger partial charge in [-0.3, -0.25) is 0 Å². The van der Waals surface area contributed by atoms with Gasteiger partial charge in [-0.2, -0.15) is 10.5 Å². The average Bonchev–Trinajstić information content (AvgIpc) is 3.02. The van der Waals surface area contributed by atoms with Crippen LogP contribution in [-0.4, -0.2) is 25.4 Å². The number of rotatable bonds is 12.